The molecule has 36 heavy (non-hydrogen) atoms. The fourth-order valence-electron chi connectivity index (χ4n) is 3.63. The van der Waals surface area contributed by atoms with Gasteiger partial charge in [-0.25, -0.2) is 19.0 Å². The minimum atomic E-state index is -0.643. The zero-order chi connectivity index (χ0) is 25.4. The molecule has 3 amide bonds. The summed E-state index contributed by atoms with van der Waals surface area (Å²) in [5.74, 6) is -1.20. The first-order chi connectivity index (χ1) is 17.3. The van der Waals surface area contributed by atoms with Gasteiger partial charge in [-0.15, -0.1) is 0 Å². The van der Waals surface area contributed by atoms with Crippen molar-refractivity contribution >= 4 is 51.9 Å². The van der Waals surface area contributed by atoms with Crippen LogP contribution in [0.1, 0.15) is 26.4 Å². The van der Waals surface area contributed by atoms with Gasteiger partial charge in [0.1, 0.15) is 28.9 Å². The van der Waals surface area contributed by atoms with Gasteiger partial charge in [0.25, 0.3) is 17.7 Å². The predicted octanol–water partition coefficient (Wildman–Crippen LogP) is 2.67. The summed E-state index contributed by atoms with van der Waals surface area (Å²) in [6, 6.07) is 8.77. The van der Waals surface area contributed by atoms with E-state index < -0.39 is 17.6 Å². The van der Waals surface area contributed by atoms with Crippen molar-refractivity contribution in [3.05, 3.63) is 70.4 Å². The van der Waals surface area contributed by atoms with E-state index in [0.717, 1.165) is 11.6 Å². The number of rotatable bonds is 5. The van der Waals surface area contributed by atoms with Gasteiger partial charge < -0.3 is 20.7 Å². The molecule has 182 valence electrons. The van der Waals surface area contributed by atoms with Crippen molar-refractivity contribution in [2.75, 3.05) is 17.2 Å². The molecule has 2 aromatic heterocycles. The van der Waals surface area contributed by atoms with Gasteiger partial charge in [0.05, 0.1) is 10.7 Å². The molecule has 4 aromatic rings. The number of hydrogen-bond acceptors (Lipinski definition) is 7. The molecule has 0 saturated carbocycles. The van der Waals surface area contributed by atoms with Crippen LogP contribution in [0.25, 0.3) is 11.0 Å². The summed E-state index contributed by atoms with van der Waals surface area (Å²) in [7, 11) is 1.57. The number of amides is 3. The Morgan fingerprint density at radius 1 is 1.17 bits per heavy atom. The summed E-state index contributed by atoms with van der Waals surface area (Å²) in [6.07, 6.45) is 1.19. The molecule has 0 radical (unpaired) electrons. The van der Waals surface area contributed by atoms with Gasteiger partial charge in [0, 0.05) is 19.2 Å². The Hall–Kier alpha value is -4.58. The van der Waals surface area contributed by atoms with Gasteiger partial charge in [0.2, 0.25) is 0 Å². The summed E-state index contributed by atoms with van der Waals surface area (Å²) in [5.41, 5.74) is 1.81. The maximum absolute atomic E-state index is 13.4. The van der Waals surface area contributed by atoms with Gasteiger partial charge >= 0.3 is 0 Å². The molecular formula is C23H17ClFN7O4. The number of aryl methyl sites for hydroxylation is 1. The highest BCUT2D eigenvalue weighted by Gasteiger charge is 2.22. The van der Waals surface area contributed by atoms with Crippen molar-refractivity contribution in [3.63, 3.8) is 0 Å². The van der Waals surface area contributed by atoms with Crippen LogP contribution in [0.3, 0.4) is 0 Å². The van der Waals surface area contributed by atoms with Crippen molar-refractivity contribution in [1.82, 2.24) is 25.1 Å². The largest absolute Gasteiger partial charge is 0.482 e. The molecule has 5 rings (SSSR count). The van der Waals surface area contributed by atoms with Crippen molar-refractivity contribution in [2.45, 2.75) is 6.54 Å². The Morgan fingerprint density at radius 2 is 2.00 bits per heavy atom. The average Bonchev–Trinajstić information content (AvgIpc) is 3.18. The number of carbonyl (C=O) groups excluding carboxylic acids is 3. The molecule has 0 spiro atoms. The second-order valence-corrected chi connectivity index (χ2v) is 8.23. The Bertz CT molecular complexity index is 1560. The van der Waals surface area contributed by atoms with Gasteiger partial charge in [-0.05, 0) is 35.9 Å². The predicted molar refractivity (Wildman–Crippen MR) is 127 cm³/mol. The SMILES string of the molecule is Cn1nc2c(C(=O)NCc3ccc4c(c3)NC(=O)CO4)ncnc2c1NC(=O)c1ccc(F)c(Cl)c1. The monoisotopic (exact) mass is 509 g/mol. The number of benzene rings is 2. The summed E-state index contributed by atoms with van der Waals surface area (Å²) in [6.45, 7) is 0.103. The van der Waals surface area contributed by atoms with Crippen LogP contribution in [0.15, 0.2) is 42.7 Å². The van der Waals surface area contributed by atoms with E-state index >= 15 is 0 Å². The molecule has 13 heteroatoms. The summed E-state index contributed by atoms with van der Waals surface area (Å²) in [5, 5.41) is 12.3. The van der Waals surface area contributed by atoms with Crippen molar-refractivity contribution in [3.8, 4) is 5.75 Å². The quantitative estimate of drug-likeness (QED) is 0.375. The van der Waals surface area contributed by atoms with E-state index in [1.54, 1.807) is 25.2 Å². The highest BCUT2D eigenvalue weighted by Crippen LogP contribution is 2.28. The average molecular weight is 510 g/mol. The summed E-state index contributed by atoms with van der Waals surface area (Å²) < 4.78 is 20.1. The number of anilines is 2. The number of nitrogens with zero attached hydrogens (tertiary/aromatic N) is 4. The summed E-state index contributed by atoms with van der Waals surface area (Å²) >= 11 is 5.77. The number of aromatic nitrogens is 4. The maximum atomic E-state index is 13.4. The lowest BCUT2D eigenvalue weighted by molar-refractivity contribution is -0.118. The molecule has 0 bridgehead atoms. The number of hydrogen-bond donors (Lipinski definition) is 3. The normalized spacial score (nSPS) is 12.5. The van der Waals surface area contributed by atoms with E-state index in [0.29, 0.717) is 11.4 Å². The van der Waals surface area contributed by atoms with Crippen LogP contribution in [0.2, 0.25) is 5.02 Å². The summed E-state index contributed by atoms with van der Waals surface area (Å²) in [4.78, 5) is 45.4. The van der Waals surface area contributed by atoms with E-state index in [4.69, 9.17) is 16.3 Å². The van der Waals surface area contributed by atoms with E-state index in [1.165, 1.54) is 23.1 Å². The van der Waals surface area contributed by atoms with Gasteiger partial charge in [-0.3, -0.25) is 14.4 Å². The third-order valence-corrected chi connectivity index (χ3v) is 5.67. The third-order valence-electron chi connectivity index (χ3n) is 5.38. The maximum Gasteiger partial charge on any atom is 0.272 e. The molecule has 11 nitrogen and oxygen atoms in total. The molecule has 0 atom stereocenters. The lowest BCUT2D eigenvalue weighted by atomic mass is 10.1. The van der Waals surface area contributed by atoms with E-state index in [1.807, 2.05) is 0 Å². The second-order valence-electron chi connectivity index (χ2n) is 7.82. The lowest BCUT2D eigenvalue weighted by Crippen LogP contribution is -2.26. The van der Waals surface area contributed by atoms with Gasteiger partial charge in [0.15, 0.2) is 18.1 Å². The fourth-order valence-corrected chi connectivity index (χ4v) is 3.81. The molecule has 0 fully saturated rings. The standard InChI is InChI=1S/C23H17ClFN7O4/c1-32-21(30-22(34)12-3-4-14(25)13(24)7-12)19-18(31-32)20(28-10-27-19)23(35)26-8-11-2-5-16-15(6-11)29-17(33)9-36-16/h2-7,10H,8-9H2,1H3,(H,26,35)(H,29,33)(H,30,34). The van der Waals surface area contributed by atoms with E-state index in [-0.39, 0.29) is 52.2 Å². The smallest absolute Gasteiger partial charge is 0.272 e. The van der Waals surface area contributed by atoms with Crippen LogP contribution >= 0.6 is 11.6 Å². The fraction of sp³-hybridized carbons (Fsp3) is 0.130. The number of carbonyl (C=O) groups is 3. The second kappa shape index (κ2) is 9.23. The van der Waals surface area contributed by atoms with Crippen molar-refractivity contribution in [1.29, 1.82) is 0 Å². The molecule has 2 aromatic carbocycles. The number of nitrogens with one attached hydrogen (secondary N) is 3. The Kier molecular flexibility index (Phi) is 5.94. The molecule has 0 aliphatic carbocycles. The lowest BCUT2D eigenvalue weighted by Gasteiger charge is -2.18. The first-order valence-corrected chi connectivity index (χ1v) is 11.0. The molecular weight excluding hydrogens is 493 g/mol. The molecule has 1 aliphatic heterocycles. The van der Waals surface area contributed by atoms with Crippen molar-refractivity contribution < 1.29 is 23.5 Å². The Labute approximate surface area is 207 Å². The zero-order valence-electron chi connectivity index (χ0n) is 18.6. The Morgan fingerprint density at radius 3 is 2.81 bits per heavy atom. The topological polar surface area (TPSA) is 140 Å². The third kappa shape index (κ3) is 4.41. The van der Waals surface area contributed by atoms with Gasteiger partial charge in [-0.1, -0.05) is 17.7 Å². The number of fused-ring (bicyclic) bond motifs is 2. The molecule has 1 aliphatic rings. The minimum absolute atomic E-state index is 0.00974. The molecule has 3 heterocycles. The first kappa shape index (κ1) is 23.2. The molecule has 0 unspecified atom stereocenters. The number of ether oxygens (including phenoxy) is 1. The first-order valence-electron chi connectivity index (χ1n) is 10.6. The van der Waals surface area contributed by atoms with Crippen LogP contribution < -0.4 is 20.7 Å². The Balaban J connectivity index is 1.35. The molecule has 0 saturated heterocycles. The highest BCUT2D eigenvalue weighted by atomic mass is 35.5. The van der Waals surface area contributed by atoms with E-state index in [9.17, 15) is 18.8 Å². The van der Waals surface area contributed by atoms with Crippen LogP contribution in [-0.2, 0) is 18.4 Å². The number of halogens is 2. The van der Waals surface area contributed by atoms with Crippen molar-refractivity contribution in [2.24, 2.45) is 7.05 Å². The van der Waals surface area contributed by atoms with Crippen LogP contribution in [0.5, 0.6) is 5.75 Å². The van der Waals surface area contributed by atoms with Gasteiger partial charge in [-0.2, -0.15) is 5.10 Å². The van der Waals surface area contributed by atoms with Crippen LogP contribution in [-0.4, -0.2) is 44.1 Å². The van der Waals surface area contributed by atoms with Crippen LogP contribution in [0, 0.1) is 5.82 Å². The zero-order valence-corrected chi connectivity index (χ0v) is 19.4. The minimum Gasteiger partial charge on any atom is -0.482 e. The van der Waals surface area contributed by atoms with Crippen LogP contribution in [0.4, 0.5) is 15.9 Å². The highest BCUT2D eigenvalue weighted by molar-refractivity contribution is 6.31. The van der Waals surface area contributed by atoms with E-state index in [2.05, 4.69) is 31.0 Å². The molecule has 3 N–H and O–H groups in total.